The quantitative estimate of drug-likeness (QED) is 0.278. The number of nitrogens with zero attached hydrogens (tertiary/aromatic N) is 5. The minimum Gasteiger partial charge on any atom is -0.490 e. The van der Waals surface area contributed by atoms with Crippen molar-refractivity contribution in [2.24, 2.45) is 0 Å². The molecule has 230 valence electrons. The van der Waals surface area contributed by atoms with Gasteiger partial charge in [-0.3, -0.25) is 14.0 Å². The highest BCUT2D eigenvalue weighted by molar-refractivity contribution is 6.04. The van der Waals surface area contributed by atoms with Crippen LogP contribution in [0.3, 0.4) is 0 Å². The van der Waals surface area contributed by atoms with E-state index in [4.69, 9.17) is 20.2 Å². The minimum atomic E-state index is -4.58. The predicted octanol–water partition coefficient (Wildman–Crippen LogP) is 4.54. The Bertz CT molecular complexity index is 1720. The Morgan fingerprint density at radius 1 is 1.11 bits per heavy atom. The Balaban J connectivity index is 1.37. The first-order chi connectivity index (χ1) is 21.1. The average Bonchev–Trinajstić information content (AvgIpc) is 3.58. The molecule has 2 fully saturated rings. The summed E-state index contributed by atoms with van der Waals surface area (Å²) in [7, 11) is 1.53. The van der Waals surface area contributed by atoms with Gasteiger partial charge in [-0.1, -0.05) is 0 Å². The number of rotatable bonds is 8. The number of carbonyl (C=O) groups is 2. The highest BCUT2D eigenvalue weighted by atomic mass is 19.4. The Labute approximate surface area is 250 Å². The molecule has 1 aromatic carbocycles. The second kappa shape index (κ2) is 11.8. The second-order valence-corrected chi connectivity index (χ2v) is 10.8. The first-order valence-corrected chi connectivity index (χ1v) is 14.2. The molecule has 14 heteroatoms. The lowest BCUT2D eigenvalue weighted by atomic mass is 9.92. The fourth-order valence-electron chi connectivity index (χ4n) is 5.92. The van der Waals surface area contributed by atoms with Gasteiger partial charge < -0.3 is 25.4 Å². The van der Waals surface area contributed by atoms with Gasteiger partial charge in [0.15, 0.2) is 0 Å². The van der Waals surface area contributed by atoms with Gasteiger partial charge >= 0.3 is 6.18 Å². The van der Waals surface area contributed by atoms with Crippen LogP contribution in [-0.2, 0) is 15.7 Å². The molecule has 3 aromatic heterocycles. The number of ether oxygens (including phenoxy) is 2. The molecule has 4 aromatic rings. The summed E-state index contributed by atoms with van der Waals surface area (Å²) in [6.45, 7) is 0.970. The van der Waals surface area contributed by atoms with Gasteiger partial charge in [-0.25, -0.2) is 15.0 Å². The van der Waals surface area contributed by atoms with Crippen molar-refractivity contribution in [1.29, 1.82) is 0 Å². The number of halogens is 3. The fourth-order valence-corrected chi connectivity index (χ4v) is 5.92. The highest BCUT2D eigenvalue weighted by Crippen LogP contribution is 2.40. The Morgan fingerprint density at radius 3 is 2.75 bits per heavy atom. The monoisotopic (exact) mass is 609 g/mol. The van der Waals surface area contributed by atoms with Crippen molar-refractivity contribution in [3.8, 4) is 17.0 Å². The molecule has 11 nitrogen and oxygen atoms in total. The number of hydrogen-bond acceptors (Lipinski definition) is 8. The van der Waals surface area contributed by atoms with Gasteiger partial charge in [-0.05, 0) is 49.6 Å². The number of pyridine rings is 1. The zero-order valence-electron chi connectivity index (χ0n) is 23.8. The maximum atomic E-state index is 13.2. The summed E-state index contributed by atoms with van der Waals surface area (Å²) in [5.74, 6) is 0.480. The summed E-state index contributed by atoms with van der Waals surface area (Å²) in [6.07, 6.45) is 2.95. The third kappa shape index (κ3) is 5.64. The van der Waals surface area contributed by atoms with E-state index < -0.39 is 17.6 Å². The van der Waals surface area contributed by atoms with E-state index in [1.807, 2.05) is 9.30 Å². The number of aromatic nitrogens is 4. The maximum absolute atomic E-state index is 13.2. The van der Waals surface area contributed by atoms with E-state index in [0.717, 1.165) is 43.4 Å². The Morgan fingerprint density at radius 2 is 1.95 bits per heavy atom. The van der Waals surface area contributed by atoms with E-state index in [2.05, 4.69) is 15.3 Å². The summed E-state index contributed by atoms with van der Waals surface area (Å²) >= 11 is 0. The predicted molar refractivity (Wildman–Crippen MR) is 154 cm³/mol. The molecule has 0 unspecified atom stereocenters. The molecule has 2 aliphatic rings. The largest absolute Gasteiger partial charge is 0.490 e. The number of nitrogens with two attached hydrogens (primary N) is 1. The van der Waals surface area contributed by atoms with E-state index in [1.54, 1.807) is 18.5 Å². The zero-order valence-corrected chi connectivity index (χ0v) is 23.8. The van der Waals surface area contributed by atoms with E-state index in [-0.39, 0.29) is 48.3 Å². The molecule has 0 saturated carbocycles. The molecule has 5 heterocycles. The molecule has 0 bridgehead atoms. The molecule has 2 atom stereocenters. The third-order valence-corrected chi connectivity index (χ3v) is 8.07. The van der Waals surface area contributed by atoms with Crippen LogP contribution in [0, 0.1) is 0 Å². The number of hydrogen-bond donors (Lipinski definition) is 2. The van der Waals surface area contributed by atoms with Gasteiger partial charge in [-0.15, -0.1) is 0 Å². The molecule has 0 radical (unpaired) electrons. The molecule has 3 N–H and O–H groups in total. The van der Waals surface area contributed by atoms with Gasteiger partial charge in [0.1, 0.15) is 41.0 Å². The molecule has 44 heavy (non-hydrogen) atoms. The number of benzene rings is 1. The van der Waals surface area contributed by atoms with E-state index in [9.17, 15) is 22.8 Å². The van der Waals surface area contributed by atoms with Crippen molar-refractivity contribution in [2.75, 3.05) is 37.9 Å². The minimum absolute atomic E-state index is 0.0285. The molecular formula is C30H30F3N7O4. The van der Waals surface area contributed by atoms with Crippen molar-refractivity contribution < 1.29 is 32.2 Å². The first-order valence-electron chi connectivity index (χ1n) is 14.2. The first kappa shape index (κ1) is 29.4. The number of carbonyl (C=O) groups excluding carboxylic acids is 2. The van der Waals surface area contributed by atoms with Crippen LogP contribution in [0.2, 0.25) is 0 Å². The smallest absolute Gasteiger partial charge is 0.416 e. The van der Waals surface area contributed by atoms with Crippen LogP contribution in [-0.4, -0.2) is 69.0 Å². The van der Waals surface area contributed by atoms with Crippen LogP contribution in [0.15, 0.2) is 48.9 Å². The normalized spacial score (nSPS) is 18.5. The number of fused-ring (bicyclic) bond motifs is 2. The van der Waals surface area contributed by atoms with Crippen molar-refractivity contribution in [1.82, 2.24) is 24.3 Å². The van der Waals surface area contributed by atoms with Crippen molar-refractivity contribution in [3.05, 3.63) is 65.9 Å². The SMILES string of the molecule is COCCOc1cc(C(=O)Nc2cc(C(F)(F)F)ccn2)ccc1-c1nc([C@@H]2CC[C@H]3CCC(=O)N3C2)n2ccnc(N)c12. The number of nitrogens with one attached hydrogen (secondary N) is 1. The van der Waals surface area contributed by atoms with E-state index >= 15 is 0 Å². The van der Waals surface area contributed by atoms with Crippen molar-refractivity contribution >= 4 is 29.0 Å². The van der Waals surface area contributed by atoms with Gasteiger partial charge in [-0.2, -0.15) is 13.2 Å². The fraction of sp³-hybridized carbons (Fsp3) is 0.367. The van der Waals surface area contributed by atoms with Crippen molar-refractivity contribution in [2.45, 2.75) is 43.8 Å². The standard InChI is InChI=1S/C30H30F3N7O4/c1-43-12-13-44-22-14-17(29(42)37-23-15-19(8-9-35-23)30(31,32)33)3-6-21(22)25-26-27(34)36-10-11-39(26)28(38-25)18-2-4-20-5-7-24(41)40(20)16-18/h3,6,8-11,14-15,18,20H,2,4-5,7,12-13,16H2,1H3,(H2,34,36)(H,35,37,42)/t18-,20+/m1/s1. The van der Waals surface area contributed by atoms with Gasteiger partial charge in [0.05, 0.1) is 12.2 Å². The van der Waals surface area contributed by atoms with Crippen LogP contribution in [0.5, 0.6) is 5.75 Å². The summed E-state index contributed by atoms with van der Waals surface area (Å²) in [5.41, 5.74) is 7.14. The van der Waals surface area contributed by atoms with Gasteiger partial charge in [0, 0.05) is 61.8 Å². The number of nitrogen functional groups attached to an aromatic ring is 1. The van der Waals surface area contributed by atoms with Crippen LogP contribution < -0.4 is 15.8 Å². The maximum Gasteiger partial charge on any atom is 0.416 e. The number of alkyl halides is 3. The lowest BCUT2D eigenvalue weighted by Crippen LogP contribution is -2.41. The lowest BCUT2D eigenvalue weighted by Gasteiger charge is -2.34. The second-order valence-electron chi connectivity index (χ2n) is 10.8. The number of methoxy groups -OCH3 is 1. The van der Waals surface area contributed by atoms with Crippen LogP contribution in [0.1, 0.15) is 53.3 Å². The molecule has 0 spiro atoms. The molecule has 2 amide bonds. The molecule has 2 aliphatic heterocycles. The highest BCUT2D eigenvalue weighted by Gasteiger charge is 2.38. The van der Waals surface area contributed by atoms with Gasteiger partial charge in [0.2, 0.25) is 5.91 Å². The number of imidazole rings is 1. The Hall–Kier alpha value is -4.72. The summed E-state index contributed by atoms with van der Waals surface area (Å²) < 4.78 is 52.5. The summed E-state index contributed by atoms with van der Waals surface area (Å²) in [6, 6.07) is 6.51. The van der Waals surface area contributed by atoms with Crippen LogP contribution >= 0.6 is 0 Å². The Kier molecular flexibility index (Phi) is 7.84. The average molecular weight is 610 g/mol. The number of anilines is 2. The van der Waals surface area contributed by atoms with Crippen LogP contribution in [0.4, 0.5) is 24.8 Å². The number of piperidine rings is 1. The topological polar surface area (TPSA) is 137 Å². The number of amides is 2. The molecule has 0 aliphatic carbocycles. The molecule has 6 rings (SSSR count). The van der Waals surface area contributed by atoms with Gasteiger partial charge in [0.25, 0.3) is 5.91 Å². The third-order valence-electron chi connectivity index (χ3n) is 8.07. The van der Waals surface area contributed by atoms with E-state index in [0.29, 0.717) is 35.5 Å². The summed E-state index contributed by atoms with van der Waals surface area (Å²) in [4.78, 5) is 40.7. The zero-order chi connectivity index (χ0) is 31.0. The van der Waals surface area contributed by atoms with Crippen molar-refractivity contribution in [3.63, 3.8) is 0 Å². The van der Waals surface area contributed by atoms with Crippen LogP contribution in [0.25, 0.3) is 16.8 Å². The molecule has 2 saturated heterocycles. The van der Waals surface area contributed by atoms with E-state index in [1.165, 1.54) is 19.2 Å². The lowest BCUT2D eigenvalue weighted by molar-refractivity contribution is -0.137. The molecular weight excluding hydrogens is 579 g/mol. The summed E-state index contributed by atoms with van der Waals surface area (Å²) in [5, 5.41) is 2.42.